The number of primary amides is 1. The minimum atomic E-state index is -1.57. The molecule has 0 spiro atoms. The molecular weight excluding hydrogens is 1560 g/mol. The number of rotatable bonds is 51. The van der Waals surface area contributed by atoms with Crippen molar-refractivity contribution in [3.05, 3.63) is 144 Å². The minimum Gasteiger partial charge on any atom is -0.370 e. The summed E-state index contributed by atoms with van der Waals surface area (Å²) in [5, 5.41) is 80.0. The molecule has 0 unspecified atom stereocenters. The van der Waals surface area contributed by atoms with E-state index in [-0.39, 0.29) is 160 Å². The zero-order chi connectivity index (χ0) is 87.5. The van der Waals surface area contributed by atoms with Crippen molar-refractivity contribution >= 4 is 132 Å². The Morgan fingerprint density at radius 3 is 0.769 bits per heavy atom. The van der Waals surface area contributed by atoms with Crippen molar-refractivity contribution in [2.24, 2.45) is 45.9 Å². The van der Waals surface area contributed by atoms with Gasteiger partial charge in [0.2, 0.25) is 59.1 Å². The predicted octanol–water partition coefficient (Wildman–Crippen LogP) is -2.50. The largest absolute Gasteiger partial charge is 0.370 e. The lowest BCUT2D eigenvalue weighted by atomic mass is 10.0. The van der Waals surface area contributed by atoms with Crippen LogP contribution in [0.2, 0.25) is 0 Å². The number of guanidine groups is 5. The number of unbranched alkanes of at least 4 members (excludes halogenated alkanes) is 1. The first-order valence-corrected chi connectivity index (χ1v) is 40.1. The fraction of sp³-hybridized carbons (Fsp3) is 0.412. The van der Waals surface area contributed by atoms with E-state index in [4.69, 9.17) is 72.9 Å². The number of carbonyl (C=O) groups excluding carboxylic acids is 10. The number of fused-ring (bicyclic) bond motifs is 4. The maximum absolute atomic E-state index is 15.5. The van der Waals surface area contributed by atoms with E-state index in [2.05, 4.69) is 94.4 Å². The molecule has 39 N–H and O–H groups in total. The molecule has 41 heteroatoms. The zero-order valence-electron chi connectivity index (χ0n) is 67.3. The number of amides is 10. The lowest BCUT2D eigenvalue weighted by Crippen LogP contribution is -2.60. The lowest BCUT2D eigenvalue weighted by Gasteiger charge is -2.28. The van der Waals surface area contributed by atoms with Crippen molar-refractivity contribution < 1.29 is 47.9 Å². The van der Waals surface area contributed by atoms with Crippen molar-refractivity contribution in [2.75, 3.05) is 39.3 Å². The molecule has 8 rings (SSSR count). The average Bonchev–Trinajstić information content (AvgIpc) is 1.72. The normalized spacial score (nSPS) is 13.7. The van der Waals surface area contributed by atoms with Crippen molar-refractivity contribution in [1.29, 1.82) is 27.0 Å². The highest BCUT2D eigenvalue weighted by molar-refractivity contribution is 5.99. The Morgan fingerprint density at radius 1 is 0.264 bits per heavy atom. The van der Waals surface area contributed by atoms with Gasteiger partial charge in [0.25, 0.3) is 0 Å². The van der Waals surface area contributed by atoms with Crippen LogP contribution in [-0.4, -0.2) is 208 Å². The molecule has 4 aromatic heterocycles. The van der Waals surface area contributed by atoms with Gasteiger partial charge in [-0.3, -0.25) is 75.0 Å². The molecule has 4 heterocycles. The van der Waals surface area contributed by atoms with Gasteiger partial charge in [-0.2, -0.15) is 0 Å². The third-order valence-corrected chi connectivity index (χ3v) is 20.3. The van der Waals surface area contributed by atoms with E-state index in [9.17, 15) is 28.8 Å². The predicted molar refractivity (Wildman–Crippen MR) is 461 cm³/mol. The van der Waals surface area contributed by atoms with Crippen molar-refractivity contribution in [1.82, 2.24) is 94.4 Å². The number of hydrogen-bond acceptors (Lipinski definition) is 17. The van der Waals surface area contributed by atoms with Gasteiger partial charge in [0.05, 0.1) is 12.1 Å². The Bertz CT molecular complexity index is 4920. The Labute approximate surface area is 697 Å². The maximum atomic E-state index is 15.5. The second kappa shape index (κ2) is 46.8. The summed E-state index contributed by atoms with van der Waals surface area (Å²) in [6.07, 6.45) is 6.96. The van der Waals surface area contributed by atoms with Gasteiger partial charge in [-0.15, -0.1) is 0 Å². The van der Waals surface area contributed by atoms with E-state index < -0.39 is 137 Å². The number of hydrogen-bond donors (Lipinski definition) is 31. The highest BCUT2D eigenvalue weighted by atomic mass is 16.2. The fourth-order valence-corrected chi connectivity index (χ4v) is 14.0. The van der Waals surface area contributed by atoms with Gasteiger partial charge in [0.15, 0.2) is 29.8 Å². The maximum Gasteiger partial charge on any atom is 0.243 e. The van der Waals surface area contributed by atoms with Crippen LogP contribution in [0.25, 0.3) is 43.6 Å². The van der Waals surface area contributed by atoms with Gasteiger partial charge < -0.3 is 140 Å². The first-order valence-electron chi connectivity index (χ1n) is 40.1. The topological polar surface area (TPSA) is 730 Å². The van der Waals surface area contributed by atoms with E-state index >= 15 is 19.2 Å². The number of carbonyl (C=O) groups is 10. The average molecular weight is 1670 g/mol. The van der Waals surface area contributed by atoms with Gasteiger partial charge in [0.1, 0.15) is 48.3 Å². The lowest BCUT2D eigenvalue weighted by molar-refractivity contribution is -0.136. The van der Waals surface area contributed by atoms with Crippen LogP contribution in [0.5, 0.6) is 0 Å². The summed E-state index contributed by atoms with van der Waals surface area (Å²) in [6.45, 7) is 0.192. The zero-order valence-corrected chi connectivity index (χ0v) is 67.3. The summed E-state index contributed by atoms with van der Waals surface area (Å²) in [6, 6.07) is 16.2. The van der Waals surface area contributed by atoms with Crippen LogP contribution in [-0.2, 0) is 73.6 Å². The Morgan fingerprint density at radius 2 is 0.488 bits per heavy atom. The van der Waals surface area contributed by atoms with Gasteiger partial charge in [-0.25, -0.2) is 0 Å². The highest BCUT2D eigenvalue weighted by Gasteiger charge is 2.36. The fourth-order valence-electron chi connectivity index (χ4n) is 14.0. The number of benzene rings is 4. The van der Waals surface area contributed by atoms with Crippen molar-refractivity contribution in [3.8, 4) is 0 Å². The Kier molecular flexibility index (Phi) is 35.8. The van der Waals surface area contributed by atoms with Crippen molar-refractivity contribution in [3.63, 3.8) is 0 Å². The molecule has 0 radical (unpaired) electrons. The molecule has 0 fully saturated rings. The molecule has 10 amide bonds. The quantitative estimate of drug-likeness (QED) is 0.0106. The van der Waals surface area contributed by atoms with Crippen LogP contribution in [0, 0.1) is 27.0 Å². The molecule has 650 valence electrons. The summed E-state index contributed by atoms with van der Waals surface area (Å²) < 4.78 is 0. The summed E-state index contributed by atoms with van der Waals surface area (Å²) in [5.74, 6) is -10.2. The Hall–Kier alpha value is -14.0. The first kappa shape index (κ1) is 92.5. The number of H-pyrrole nitrogens is 4. The molecule has 121 heavy (non-hydrogen) atoms. The van der Waals surface area contributed by atoms with E-state index in [1.807, 2.05) is 97.1 Å². The van der Waals surface area contributed by atoms with E-state index in [0.29, 0.717) is 5.56 Å². The molecule has 8 aromatic rings. The molecule has 0 aliphatic carbocycles. The first-order chi connectivity index (χ1) is 58.0. The molecule has 10 atom stereocenters. The van der Waals surface area contributed by atoms with Crippen LogP contribution in [0.1, 0.15) is 106 Å². The molecule has 41 nitrogen and oxygen atoms in total. The van der Waals surface area contributed by atoms with E-state index in [1.54, 1.807) is 24.8 Å². The summed E-state index contributed by atoms with van der Waals surface area (Å²) in [5.41, 5.74) is 52.9. The van der Waals surface area contributed by atoms with Gasteiger partial charge >= 0.3 is 0 Å². The van der Waals surface area contributed by atoms with Gasteiger partial charge in [0, 0.05) is 121 Å². The monoisotopic (exact) mass is 1670 g/mol. The molecule has 0 saturated carbocycles. The van der Waals surface area contributed by atoms with Crippen LogP contribution in [0.15, 0.2) is 122 Å². The summed E-state index contributed by atoms with van der Waals surface area (Å²) in [4.78, 5) is 159. The summed E-state index contributed by atoms with van der Waals surface area (Å²) in [7, 11) is 0. The van der Waals surface area contributed by atoms with Crippen molar-refractivity contribution in [2.45, 2.75) is 170 Å². The van der Waals surface area contributed by atoms with Gasteiger partial charge in [-0.05, 0) is 143 Å². The van der Waals surface area contributed by atoms with Crippen LogP contribution < -0.4 is 120 Å². The third kappa shape index (κ3) is 29.5. The van der Waals surface area contributed by atoms with E-state index in [0.717, 1.165) is 60.3 Å². The van der Waals surface area contributed by atoms with Crippen LogP contribution >= 0.6 is 0 Å². The molecule has 4 aromatic carbocycles. The molecule has 0 aliphatic rings. The van der Waals surface area contributed by atoms with Crippen LogP contribution in [0.4, 0.5) is 0 Å². The molecule has 0 aliphatic heterocycles. The number of para-hydroxylation sites is 4. The van der Waals surface area contributed by atoms with E-state index in [1.165, 1.54) is 0 Å². The number of nitrogens with two attached hydrogens (primary N) is 8. The highest BCUT2D eigenvalue weighted by Crippen LogP contribution is 2.24. The second-order valence-electron chi connectivity index (χ2n) is 29.6. The smallest absolute Gasteiger partial charge is 0.243 e. The Balaban J connectivity index is 1.08. The number of nitrogens with one attached hydrogen (secondary N) is 23. The second-order valence-corrected chi connectivity index (χ2v) is 29.6. The third-order valence-electron chi connectivity index (χ3n) is 20.3. The molecular formula is C80H115N31O10. The molecule has 0 saturated heterocycles. The SMILES string of the molecule is N=C(N)NCCC[C@H](NC(=O)[C@H](CCCNC(=N)N)NC(=O)[C@H](CCCNC(=N)N)NC(=O)[C@H](CCCNC(=N)N)NC(=O)[C@H](CCCNC(=N)N)NC(=O)[C@H](CCCCNC(=O)[C@H](Cc1c[nH]c2ccccc12)NC(=O)[C@@H](N)Cc1c[nH]c2ccccc12)NC(=O)[C@H](Cc1c[nH]c2ccccc12)NC(=O)[C@@H](N)Cc1c[nH]c2ccccc12)C(N)=O. The number of aromatic amines is 4. The van der Waals surface area contributed by atoms with Gasteiger partial charge in [-0.1, -0.05) is 72.8 Å². The molecule has 0 bridgehead atoms. The summed E-state index contributed by atoms with van der Waals surface area (Å²) >= 11 is 0. The number of aromatic nitrogens is 4. The standard InChI is InChI=1S/C80H115N31O10/c81-52(36-44-40-100-54-20-5-1-16-48(44)54)67(113)110-64(38-46-42-102-56-22-7-3-18-50(46)56)69(115)94-30-10-9-24-59(109-75(121)65(39-47-43-103-57-23-8-4-19-51(47)57)111-68(114)53(82)37-45-41-101-55-21-6-2-17-49(45)55)71(117)106-61(27-13-33-97-78(88)89)73(119)108-63(29-15-35-99-80(92)93)74(120)107-62(28-14-34-98-79(90)91)72(118)105-60(26-12-32-96-77(86)87)70(116)104-58(66(83)112)25-11-31-95-76(84)85/h1-8,16-23,40-43,52-53,58-65,100-103H,9-15,24-39,81-82H2,(H2,83,112)(H,94,115)(H,104,116)(H,105,118)(H,106,117)(H,107,120)(H,108,119)(H,109,121)(H,110,113)(H,111,114)(H4,84,85,95)(H4,86,87,96)(H4,88,89,97)(H4,90,91,98)(H4,92,93,99)/t52-,53-,58-,59-,60-,61-,62-,63-,64-,65-/m0/s1. The van der Waals surface area contributed by atoms with Crippen LogP contribution in [0.3, 0.4) is 0 Å². The minimum absolute atomic E-state index is 0.00468.